The summed E-state index contributed by atoms with van der Waals surface area (Å²) in [5.74, 6) is 0.494. The zero-order valence-electron chi connectivity index (χ0n) is 12.1. The quantitative estimate of drug-likeness (QED) is 0.615. The largest absolute Gasteiger partial charge is 0.493 e. The molecule has 1 aromatic rings. The number of carbonyl (C=O) groups is 2. The van der Waals surface area contributed by atoms with Crippen LogP contribution in [0.15, 0.2) is 12.1 Å². The summed E-state index contributed by atoms with van der Waals surface area (Å²) in [4.78, 5) is 26.1. The maximum atomic E-state index is 12.4. The van der Waals surface area contributed by atoms with E-state index in [1.165, 1.54) is 7.11 Å². The highest BCUT2D eigenvalue weighted by Gasteiger charge is 2.29. The molecule has 2 rings (SSSR count). The number of halogens is 1. The number of benzene rings is 1. The van der Waals surface area contributed by atoms with Crippen LogP contribution in [-0.4, -0.2) is 49.8 Å². The van der Waals surface area contributed by atoms with E-state index in [0.717, 1.165) is 5.56 Å². The molecule has 5 nitrogen and oxygen atoms in total. The average molecular weight is 312 g/mol. The number of Topliss-reactive ketones (excluding diaryl/α,β-unsaturated/α-hetero) is 1. The van der Waals surface area contributed by atoms with Gasteiger partial charge >= 0.3 is 0 Å². The summed E-state index contributed by atoms with van der Waals surface area (Å²) in [5.41, 5.74) is 1.20. The summed E-state index contributed by atoms with van der Waals surface area (Å²) in [6, 6.07) is 3.35. The Hall–Kier alpha value is -1.75. The van der Waals surface area contributed by atoms with Gasteiger partial charge < -0.3 is 14.4 Å². The lowest BCUT2D eigenvalue weighted by Gasteiger charge is -2.18. The van der Waals surface area contributed by atoms with Crippen molar-refractivity contribution < 1.29 is 19.1 Å². The number of fused-ring (bicyclic) bond motifs is 1. The minimum atomic E-state index is -0.502. The van der Waals surface area contributed by atoms with E-state index in [4.69, 9.17) is 21.1 Å². The van der Waals surface area contributed by atoms with Gasteiger partial charge in [0.15, 0.2) is 11.5 Å². The third-order valence-electron chi connectivity index (χ3n) is 3.55. The summed E-state index contributed by atoms with van der Waals surface area (Å²) in [6.07, 6.45) is 1.28. The number of ether oxygens (including phenoxy) is 2. The van der Waals surface area contributed by atoms with Gasteiger partial charge in [0.1, 0.15) is 0 Å². The normalized spacial score (nSPS) is 14.7. The van der Waals surface area contributed by atoms with Crippen LogP contribution in [0.4, 0.5) is 0 Å². The number of nitrogens with zero attached hydrogens (tertiary/aromatic N) is 1. The second-order valence-corrected chi connectivity index (χ2v) is 5.16. The molecular weight excluding hydrogens is 294 g/mol. The molecule has 0 aromatic heterocycles. The number of carbonyl (C=O) groups excluding carboxylic acids is 2. The van der Waals surface area contributed by atoms with E-state index in [9.17, 15) is 9.59 Å². The van der Waals surface area contributed by atoms with Crippen molar-refractivity contribution in [1.82, 2.24) is 4.90 Å². The molecule has 0 atom stereocenters. The summed E-state index contributed by atoms with van der Waals surface area (Å²) in [6.45, 7) is 1.00. The van der Waals surface area contributed by atoms with Crippen LogP contribution in [-0.2, 0) is 11.2 Å². The standard InChI is InChI=1S/C15H18ClNO4/c1-20-12-8-10-4-7-17(6-3-5-16)15(19)14(18)11(10)9-13(12)21-2/h8-9H,3-7H2,1-2H3. The molecule has 0 unspecified atom stereocenters. The topological polar surface area (TPSA) is 55.8 Å². The van der Waals surface area contributed by atoms with E-state index in [2.05, 4.69) is 0 Å². The molecule has 1 aliphatic heterocycles. The van der Waals surface area contributed by atoms with Crippen molar-refractivity contribution in [1.29, 1.82) is 0 Å². The number of hydrogen-bond acceptors (Lipinski definition) is 4. The molecule has 0 radical (unpaired) electrons. The molecule has 1 amide bonds. The molecule has 1 aliphatic rings. The summed E-state index contributed by atoms with van der Waals surface area (Å²) < 4.78 is 10.4. The lowest BCUT2D eigenvalue weighted by Crippen LogP contribution is -2.36. The van der Waals surface area contributed by atoms with Gasteiger partial charge in [0.2, 0.25) is 0 Å². The van der Waals surface area contributed by atoms with Gasteiger partial charge in [-0.1, -0.05) is 0 Å². The van der Waals surface area contributed by atoms with Gasteiger partial charge in [-0.3, -0.25) is 9.59 Å². The monoisotopic (exact) mass is 311 g/mol. The number of alkyl halides is 1. The van der Waals surface area contributed by atoms with E-state index in [-0.39, 0.29) is 0 Å². The molecule has 1 aromatic carbocycles. The van der Waals surface area contributed by atoms with Gasteiger partial charge in [-0.25, -0.2) is 0 Å². The Bertz CT molecular complexity index is 559. The fourth-order valence-corrected chi connectivity index (χ4v) is 2.54. The van der Waals surface area contributed by atoms with Gasteiger partial charge in [-0.15, -0.1) is 11.6 Å². The molecule has 21 heavy (non-hydrogen) atoms. The number of hydrogen-bond donors (Lipinski definition) is 0. The Morgan fingerprint density at radius 3 is 2.48 bits per heavy atom. The van der Waals surface area contributed by atoms with Gasteiger partial charge in [0, 0.05) is 24.5 Å². The fourth-order valence-electron chi connectivity index (χ4n) is 2.42. The lowest BCUT2D eigenvalue weighted by atomic mass is 10.0. The first-order valence-electron chi connectivity index (χ1n) is 6.76. The first-order chi connectivity index (χ1) is 10.1. The van der Waals surface area contributed by atoms with Crippen molar-refractivity contribution in [2.24, 2.45) is 0 Å². The van der Waals surface area contributed by atoms with Gasteiger partial charge in [0.05, 0.1) is 14.2 Å². The molecule has 0 spiro atoms. The van der Waals surface area contributed by atoms with Crippen molar-refractivity contribution in [3.05, 3.63) is 23.3 Å². The Kier molecular flexibility index (Phi) is 5.07. The molecule has 0 saturated carbocycles. The third kappa shape index (κ3) is 3.13. The molecule has 0 fully saturated rings. The van der Waals surface area contributed by atoms with Crippen molar-refractivity contribution in [3.8, 4) is 11.5 Å². The van der Waals surface area contributed by atoms with E-state index in [1.54, 1.807) is 24.1 Å². The van der Waals surface area contributed by atoms with Crippen molar-refractivity contribution in [2.75, 3.05) is 33.2 Å². The highest BCUT2D eigenvalue weighted by Crippen LogP contribution is 2.32. The smallest absolute Gasteiger partial charge is 0.294 e. The van der Waals surface area contributed by atoms with Crippen LogP contribution in [0.5, 0.6) is 11.5 Å². The van der Waals surface area contributed by atoms with Crippen LogP contribution in [0, 0.1) is 0 Å². The number of rotatable bonds is 5. The number of methoxy groups -OCH3 is 2. The number of amides is 1. The molecule has 114 valence electrons. The van der Waals surface area contributed by atoms with E-state index in [1.807, 2.05) is 0 Å². The number of ketones is 1. The van der Waals surface area contributed by atoms with Gasteiger partial charge in [-0.2, -0.15) is 0 Å². The Labute approximate surface area is 128 Å². The second kappa shape index (κ2) is 6.80. The Morgan fingerprint density at radius 1 is 1.19 bits per heavy atom. The lowest BCUT2D eigenvalue weighted by molar-refractivity contribution is -0.126. The van der Waals surface area contributed by atoms with Gasteiger partial charge in [-0.05, 0) is 30.5 Å². The summed E-state index contributed by atoms with van der Waals surface area (Å²) >= 11 is 5.66. The van der Waals surface area contributed by atoms with Crippen LogP contribution in [0.1, 0.15) is 22.3 Å². The van der Waals surface area contributed by atoms with Crippen LogP contribution >= 0.6 is 11.6 Å². The predicted octanol–water partition coefficient (Wildman–Crippen LogP) is 1.90. The van der Waals surface area contributed by atoms with Crippen LogP contribution in [0.3, 0.4) is 0 Å². The highest BCUT2D eigenvalue weighted by molar-refractivity contribution is 6.43. The Morgan fingerprint density at radius 2 is 1.86 bits per heavy atom. The molecule has 6 heteroatoms. The van der Waals surface area contributed by atoms with E-state index in [0.29, 0.717) is 48.9 Å². The second-order valence-electron chi connectivity index (χ2n) is 4.78. The van der Waals surface area contributed by atoms with Crippen molar-refractivity contribution in [3.63, 3.8) is 0 Å². The fraction of sp³-hybridized carbons (Fsp3) is 0.467. The molecule has 1 heterocycles. The van der Waals surface area contributed by atoms with Crippen molar-refractivity contribution >= 4 is 23.3 Å². The van der Waals surface area contributed by atoms with Crippen LogP contribution in [0.25, 0.3) is 0 Å². The maximum Gasteiger partial charge on any atom is 0.294 e. The molecule has 0 aliphatic carbocycles. The predicted molar refractivity (Wildman–Crippen MR) is 79.5 cm³/mol. The molecule has 0 N–H and O–H groups in total. The highest BCUT2D eigenvalue weighted by atomic mass is 35.5. The SMILES string of the molecule is COc1cc2c(cc1OC)C(=O)C(=O)N(CCCCl)CC2. The van der Waals surface area contributed by atoms with E-state index >= 15 is 0 Å². The minimum absolute atomic E-state index is 0.394. The van der Waals surface area contributed by atoms with Gasteiger partial charge in [0.25, 0.3) is 11.7 Å². The zero-order valence-corrected chi connectivity index (χ0v) is 12.9. The minimum Gasteiger partial charge on any atom is -0.493 e. The van der Waals surface area contributed by atoms with E-state index < -0.39 is 11.7 Å². The van der Waals surface area contributed by atoms with Crippen LogP contribution < -0.4 is 9.47 Å². The summed E-state index contributed by atoms with van der Waals surface area (Å²) in [5, 5.41) is 0. The molecular formula is C15H18ClNO4. The first-order valence-corrected chi connectivity index (χ1v) is 7.30. The van der Waals surface area contributed by atoms with Crippen LogP contribution in [0.2, 0.25) is 0 Å². The first kappa shape index (κ1) is 15.6. The third-order valence-corrected chi connectivity index (χ3v) is 3.82. The van der Waals surface area contributed by atoms with Crippen molar-refractivity contribution in [2.45, 2.75) is 12.8 Å². The average Bonchev–Trinajstić information content (AvgIpc) is 2.62. The zero-order chi connectivity index (χ0) is 15.4. The molecule has 0 bridgehead atoms. The maximum absolute atomic E-state index is 12.4. The molecule has 0 saturated heterocycles. The Balaban J connectivity index is 2.37. The summed E-state index contributed by atoms with van der Waals surface area (Å²) in [7, 11) is 3.04.